The lowest BCUT2D eigenvalue weighted by Crippen LogP contribution is -2.07. The van der Waals surface area contributed by atoms with Crippen molar-refractivity contribution in [3.05, 3.63) is 12.2 Å². The SMILES string of the molecule is C=C(C)CCC(=S)CCC(C)(C)C. The Balaban J connectivity index is 3.58. The second kappa shape index (κ2) is 5.54. The largest absolute Gasteiger partial charge is 0.100 e. The van der Waals surface area contributed by atoms with Gasteiger partial charge in [0.25, 0.3) is 0 Å². The average molecular weight is 198 g/mol. The lowest BCUT2D eigenvalue weighted by molar-refractivity contribution is 0.386. The second-order valence-corrected chi connectivity index (χ2v) is 5.63. The van der Waals surface area contributed by atoms with Crippen LogP contribution in [0.25, 0.3) is 0 Å². The number of hydrogen-bond acceptors (Lipinski definition) is 1. The molecule has 76 valence electrons. The van der Waals surface area contributed by atoms with Crippen molar-refractivity contribution in [3.63, 3.8) is 0 Å². The first-order chi connectivity index (χ1) is 5.81. The molecule has 0 nitrogen and oxygen atoms in total. The molecule has 0 atom stereocenters. The zero-order valence-corrected chi connectivity index (χ0v) is 10.3. The van der Waals surface area contributed by atoms with Gasteiger partial charge in [0.15, 0.2) is 0 Å². The first-order valence-electron chi connectivity index (χ1n) is 4.97. The predicted molar refractivity (Wildman–Crippen MR) is 65.3 cm³/mol. The normalized spacial score (nSPS) is 11.4. The van der Waals surface area contributed by atoms with E-state index in [4.69, 9.17) is 12.2 Å². The maximum Gasteiger partial charge on any atom is -0.00681 e. The quantitative estimate of drug-likeness (QED) is 0.461. The van der Waals surface area contributed by atoms with Crippen molar-refractivity contribution in [1.82, 2.24) is 0 Å². The van der Waals surface area contributed by atoms with E-state index in [1.54, 1.807) is 0 Å². The van der Waals surface area contributed by atoms with Crippen LogP contribution >= 0.6 is 12.2 Å². The van der Waals surface area contributed by atoms with Crippen LogP contribution < -0.4 is 0 Å². The molecular formula is C12H22S. The molecule has 0 aliphatic carbocycles. The van der Waals surface area contributed by atoms with Gasteiger partial charge in [-0.15, -0.1) is 6.58 Å². The number of rotatable bonds is 5. The van der Waals surface area contributed by atoms with Gasteiger partial charge in [-0.1, -0.05) is 38.6 Å². The molecule has 0 radical (unpaired) electrons. The van der Waals surface area contributed by atoms with Crippen LogP contribution in [-0.2, 0) is 0 Å². The lowest BCUT2D eigenvalue weighted by Gasteiger charge is -2.17. The zero-order valence-electron chi connectivity index (χ0n) is 9.44. The van der Waals surface area contributed by atoms with E-state index in [0.29, 0.717) is 5.41 Å². The second-order valence-electron chi connectivity index (χ2n) is 5.06. The predicted octanol–water partition coefficient (Wildman–Crippen LogP) is 4.54. The van der Waals surface area contributed by atoms with Crippen molar-refractivity contribution < 1.29 is 0 Å². The maximum absolute atomic E-state index is 5.30. The van der Waals surface area contributed by atoms with Crippen LogP contribution in [0, 0.1) is 5.41 Å². The van der Waals surface area contributed by atoms with Crippen LogP contribution in [0.1, 0.15) is 53.4 Å². The highest BCUT2D eigenvalue weighted by Gasteiger charge is 2.10. The fourth-order valence-corrected chi connectivity index (χ4v) is 1.20. The molecule has 0 saturated carbocycles. The highest BCUT2D eigenvalue weighted by molar-refractivity contribution is 7.80. The minimum absolute atomic E-state index is 0.410. The third-order valence-corrected chi connectivity index (χ3v) is 2.39. The molecule has 0 unspecified atom stereocenters. The summed E-state index contributed by atoms with van der Waals surface area (Å²) in [5.74, 6) is 0. The Kier molecular flexibility index (Phi) is 5.46. The third-order valence-electron chi connectivity index (χ3n) is 1.98. The molecule has 1 heteroatoms. The smallest absolute Gasteiger partial charge is 0.00681 e. The first-order valence-corrected chi connectivity index (χ1v) is 5.38. The van der Waals surface area contributed by atoms with Gasteiger partial charge in [0.05, 0.1) is 0 Å². The number of allylic oxidation sites excluding steroid dienone is 1. The van der Waals surface area contributed by atoms with Crippen molar-refractivity contribution in [3.8, 4) is 0 Å². The van der Waals surface area contributed by atoms with Gasteiger partial charge >= 0.3 is 0 Å². The molecule has 0 aromatic rings. The van der Waals surface area contributed by atoms with Gasteiger partial charge in [0.2, 0.25) is 0 Å². The van der Waals surface area contributed by atoms with E-state index in [1.807, 2.05) is 0 Å². The molecule has 0 aromatic heterocycles. The van der Waals surface area contributed by atoms with Crippen molar-refractivity contribution >= 4 is 17.1 Å². The minimum Gasteiger partial charge on any atom is -0.100 e. The van der Waals surface area contributed by atoms with Crippen LogP contribution in [-0.4, -0.2) is 4.86 Å². The third kappa shape index (κ3) is 9.75. The number of hydrogen-bond donors (Lipinski definition) is 0. The summed E-state index contributed by atoms with van der Waals surface area (Å²) in [7, 11) is 0. The molecule has 0 saturated heterocycles. The molecule has 13 heavy (non-hydrogen) atoms. The summed E-state index contributed by atoms with van der Waals surface area (Å²) in [6, 6.07) is 0. The molecule has 0 rings (SSSR count). The summed E-state index contributed by atoms with van der Waals surface area (Å²) in [5, 5.41) is 0. The summed E-state index contributed by atoms with van der Waals surface area (Å²) >= 11 is 5.30. The molecule has 0 aliphatic heterocycles. The fraction of sp³-hybridized carbons (Fsp3) is 0.750. The summed E-state index contributed by atoms with van der Waals surface area (Å²) in [4.78, 5) is 1.21. The van der Waals surface area contributed by atoms with Gasteiger partial charge in [-0.05, 0) is 42.9 Å². The Labute approximate surface area is 88.4 Å². The topological polar surface area (TPSA) is 0 Å². The van der Waals surface area contributed by atoms with Crippen molar-refractivity contribution in [2.24, 2.45) is 5.41 Å². The monoisotopic (exact) mass is 198 g/mol. The molecule has 0 bridgehead atoms. The lowest BCUT2D eigenvalue weighted by atomic mass is 9.89. The molecule has 0 N–H and O–H groups in total. The van der Waals surface area contributed by atoms with Gasteiger partial charge in [0, 0.05) is 0 Å². The average Bonchev–Trinajstić information content (AvgIpc) is 1.95. The highest BCUT2D eigenvalue weighted by atomic mass is 32.1. The van der Waals surface area contributed by atoms with Crippen molar-refractivity contribution in [2.45, 2.75) is 53.4 Å². The first kappa shape index (κ1) is 12.8. The van der Waals surface area contributed by atoms with E-state index in [-0.39, 0.29) is 0 Å². The molecule has 0 heterocycles. The fourth-order valence-electron chi connectivity index (χ4n) is 0.992. The van der Waals surface area contributed by atoms with Crippen molar-refractivity contribution in [1.29, 1.82) is 0 Å². The molecule has 0 amide bonds. The molecule has 0 fully saturated rings. The number of thiocarbonyl (C=S) groups is 1. The molecule has 0 spiro atoms. The van der Waals surface area contributed by atoms with Crippen LogP contribution in [0.3, 0.4) is 0 Å². The van der Waals surface area contributed by atoms with Gasteiger partial charge in [-0.25, -0.2) is 0 Å². The van der Waals surface area contributed by atoms with Crippen LogP contribution in [0.4, 0.5) is 0 Å². The van der Waals surface area contributed by atoms with Gasteiger partial charge in [0.1, 0.15) is 0 Å². The van der Waals surface area contributed by atoms with E-state index >= 15 is 0 Å². The Morgan fingerprint density at radius 3 is 2.08 bits per heavy atom. The molecule has 0 aromatic carbocycles. The van der Waals surface area contributed by atoms with E-state index < -0.39 is 0 Å². The van der Waals surface area contributed by atoms with E-state index in [1.165, 1.54) is 16.9 Å². The Bertz CT molecular complexity index is 184. The highest BCUT2D eigenvalue weighted by Crippen LogP contribution is 2.21. The Morgan fingerprint density at radius 2 is 1.69 bits per heavy atom. The standard InChI is InChI=1S/C12H22S/c1-10(2)6-7-11(13)8-9-12(3,4)5/h1,6-9H2,2-5H3. The molecule has 0 aliphatic rings. The minimum atomic E-state index is 0.410. The van der Waals surface area contributed by atoms with Crippen LogP contribution in [0.5, 0.6) is 0 Å². The zero-order chi connectivity index (χ0) is 10.5. The van der Waals surface area contributed by atoms with Crippen LogP contribution in [0.15, 0.2) is 12.2 Å². The molecular weight excluding hydrogens is 176 g/mol. The van der Waals surface area contributed by atoms with Gasteiger partial charge in [-0.3, -0.25) is 0 Å². The Hall–Kier alpha value is -0.170. The van der Waals surface area contributed by atoms with E-state index in [2.05, 4.69) is 34.3 Å². The van der Waals surface area contributed by atoms with Crippen molar-refractivity contribution in [2.75, 3.05) is 0 Å². The summed E-state index contributed by atoms with van der Waals surface area (Å²) in [6.07, 6.45) is 4.39. The van der Waals surface area contributed by atoms with Gasteiger partial charge in [-0.2, -0.15) is 0 Å². The van der Waals surface area contributed by atoms with Gasteiger partial charge < -0.3 is 0 Å². The summed E-state index contributed by atoms with van der Waals surface area (Å²) < 4.78 is 0. The Morgan fingerprint density at radius 1 is 1.15 bits per heavy atom. The summed E-state index contributed by atoms with van der Waals surface area (Å²) in [6.45, 7) is 12.7. The van der Waals surface area contributed by atoms with Crippen LogP contribution in [0.2, 0.25) is 0 Å². The maximum atomic E-state index is 5.30. The van der Waals surface area contributed by atoms with E-state index in [9.17, 15) is 0 Å². The summed E-state index contributed by atoms with van der Waals surface area (Å²) in [5.41, 5.74) is 1.64. The van der Waals surface area contributed by atoms with E-state index in [0.717, 1.165) is 19.3 Å².